The van der Waals surface area contributed by atoms with Gasteiger partial charge in [-0.1, -0.05) is 53.4 Å². The fourth-order valence-corrected chi connectivity index (χ4v) is 2.38. The molecule has 2 unspecified atom stereocenters. The van der Waals surface area contributed by atoms with Crippen molar-refractivity contribution in [2.24, 2.45) is 11.8 Å². The van der Waals surface area contributed by atoms with Crippen LogP contribution in [0.25, 0.3) is 0 Å². The van der Waals surface area contributed by atoms with Crippen LogP contribution in [0.4, 0.5) is 0 Å². The molecule has 120 valence electrons. The molecule has 0 bridgehead atoms. The molecule has 0 aromatic heterocycles. The van der Waals surface area contributed by atoms with Crippen molar-refractivity contribution in [2.75, 3.05) is 0 Å². The van der Waals surface area contributed by atoms with Crippen LogP contribution >= 0.6 is 23.2 Å². The number of halogens is 2. The average molecular weight is 325 g/mol. The largest absolute Gasteiger partial charge is 0.281 e. The molecule has 0 spiro atoms. The highest BCUT2D eigenvalue weighted by Gasteiger charge is 2.12. The summed E-state index contributed by atoms with van der Waals surface area (Å²) in [6.07, 6.45) is 8.16. The maximum atomic E-state index is 10.6. The molecule has 0 amide bonds. The molecule has 0 aliphatic carbocycles. The quantitative estimate of drug-likeness (QED) is 0.466. The molecule has 0 aliphatic rings. The average Bonchev–Trinajstić information content (AvgIpc) is 2.40. The van der Waals surface area contributed by atoms with Gasteiger partial charge in [-0.2, -0.15) is 0 Å². The topological polar surface area (TPSA) is 34.1 Å². The van der Waals surface area contributed by atoms with Crippen molar-refractivity contribution in [2.45, 2.75) is 79.1 Å². The van der Waals surface area contributed by atoms with Gasteiger partial charge in [0.15, 0.2) is 0 Å². The number of rotatable bonds is 10. The molecule has 2 nitrogen and oxygen atoms in total. The van der Waals surface area contributed by atoms with Crippen molar-refractivity contribution in [3.8, 4) is 0 Å². The van der Waals surface area contributed by atoms with Gasteiger partial charge in [0.05, 0.1) is 0 Å². The lowest BCUT2D eigenvalue weighted by molar-refractivity contribution is -0.116. The molecule has 0 saturated heterocycles. The van der Waals surface area contributed by atoms with Crippen LogP contribution in [-0.4, -0.2) is 10.5 Å². The third-order valence-corrected chi connectivity index (χ3v) is 4.06. The second kappa shape index (κ2) is 15.3. The monoisotopic (exact) mass is 324 g/mol. The summed E-state index contributed by atoms with van der Waals surface area (Å²) in [6, 6.07) is 0. The number of hydrogen-bond donors (Lipinski definition) is 0. The Balaban J connectivity index is 0. The highest BCUT2D eigenvalue weighted by molar-refractivity contribution is 6.64. The lowest BCUT2D eigenvalue weighted by atomic mass is 10.0. The zero-order valence-corrected chi connectivity index (χ0v) is 14.9. The maximum Gasteiger partial charge on any atom is 0.224 e. The van der Waals surface area contributed by atoms with Gasteiger partial charge < -0.3 is 0 Å². The minimum atomic E-state index is -0.170. The first-order valence-electron chi connectivity index (χ1n) is 7.82. The Labute approximate surface area is 134 Å². The van der Waals surface area contributed by atoms with Crippen molar-refractivity contribution in [3.63, 3.8) is 0 Å². The van der Waals surface area contributed by atoms with Crippen molar-refractivity contribution in [3.05, 3.63) is 0 Å². The summed E-state index contributed by atoms with van der Waals surface area (Å²) in [4.78, 5) is 21.3. The molecule has 0 radical (unpaired) electrons. The van der Waals surface area contributed by atoms with E-state index in [0.717, 1.165) is 51.4 Å². The molecule has 0 N–H and O–H groups in total. The van der Waals surface area contributed by atoms with E-state index >= 15 is 0 Å². The number of carbonyl (C=O) groups excluding carboxylic acids is 2. The summed E-state index contributed by atoms with van der Waals surface area (Å²) in [5.74, 6) is 0.197. The van der Waals surface area contributed by atoms with E-state index in [9.17, 15) is 9.59 Å². The Morgan fingerprint density at radius 1 is 0.750 bits per heavy atom. The van der Waals surface area contributed by atoms with Gasteiger partial charge in [0, 0.05) is 11.8 Å². The molecule has 0 aromatic rings. The normalized spacial score (nSPS) is 13.1. The van der Waals surface area contributed by atoms with Crippen LogP contribution in [0.1, 0.15) is 79.1 Å². The first-order valence-corrected chi connectivity index (χ1v) is 8.58. The number of unbranched alkanes of at least 4 members (excludes halogenated alkanes) is 2. The molecule has 0 heterocycles. The fraction of sp³-hybridized carbons (Fsp3) is 0.875. The Kier molecular flexibility index (Phi) is 17.0. The van der Waals surface area contributed by atoms with Gasteiger partial charge in [-0.25, -0.2) is 0 Å². The number of hydrogen-bond acceptors (Lipinski definition) is 2. The van der Waals surface area contributed by atoms with E-state index in [1.54, 1.807) is 0 Å². The summed E-state index contributed by atoms with van der Waals surface area (Å²) in [7, 11) is 0. The van der Waals surface area contributed by atoms with Crippen LogP contribution in [-0.2, 0) is 9.59 Å². The second-order valence-corrected chi connectivity index (χ2v) is 5.85. The van der Waals surface area contributed by atoms with Gasteiger partial charge in [0.25, 0.3) is 0 Å². The summed E-state index contributed by atoms with van der Waals surface area (Å²) < 4.78 is 0. The van der Waals surface area contributed by atoms with E-state index in [1.165, 1.54) is 0 Å². The summed E-state index contributed by atoms with van der Waals surface area (Å²) in [5, 5.41) is -0.341. The third-order valence-electron chi connectivity index (χ3n) is 3.44. The standard InChI is InChI=1S/2C8H15ClO/c2*1-3-5-6-7(4-2)8(9)10/h2*7H,3-6H2,1-2H3. The minimum Gasteiger partial charge on any atom is -0.281 e. The third kappa shape index (κ3) is 12.9. The van der Waals surface area contributed by atoms with Gasteiger partial charge in [0.2, 0.25) is 10.5 Å². The highest BCUT2D eigenvalue weighted by atomic mass is 35.5. The molecule has 0 saturated carbocycles. The van der Waals surface area contributed by atoms with Crippen molar-refractivity contribution >= 4 is 33.7 Å². The van der Waals surface area contributed by atoms with Crippen LogP contribution in [0, 0.1) is 11.8 Å². The molecule has 2 atom stereocenters. The molecule has 20 heavy (non-hydrogen) atoms. The Morgan fingerprint density at radius 2 is 1.05 bits per heavy atom. The molecular formula is C16H30Cl2O2. The summed E-state index contributed by atoms with van der Waals surface area (Å²) in [5.41, 5.74) is 0. The van der Waals surface area contributed by atoms with E-state index < -0.39 is 0 Å². The van der Waals surface area contributed by atoms with E-state index in [2.05, 4.69) is 13.8 Å². The van der Waals surface area contributed by atoms with Crippen LogP contribution < -0.4 is 0 Å². The van der Waals surface area contributed by atoms with Crippen LogP contribution in [0.5, 0.6) is 0 Å². The lowest BCUT2D eigenvalue weighted by Crippen LogP contribution is -2.06. The van der Waals surface area contributed by atoms with Gasteiger partial charge in [-0.3, -0.25) is 9.59 Å². The lowest BCUT2D eigenvalue weighted by Gasteiger charge is -2.06. The predicted molar refractivity (Wildman–Crippen MR) is 88.3 cm³/mol. The van der Waals surface area contributed by atoms with Crippen LogP contribution in [0.3, 0.4) is 0 Å². The molecular weight excluding hydrogens is 295 g/mol. The number of carbonyl (C=O) groups is 2. The van der Waals surface area contributed by atoms with E-state index in [-0.39, 0.29) is 22.3 Å². The van der Waals surface area contributed by atoms with Gasteiger partial charge in [-0.05, 0) is 48.9 Å². The highest BCUT2D eigenvalue weighted by Crippen LogP contribution is 2.15. The molecule has 0 rings (SSSR count). The zero-order chi connectivity index (χ0) is 16.0. The molecule has 4 heteroatoms. The first-order chi connectivity index (χ1) is 9.44. The van der Waals surface area contributed by atoms with E-state index in [0.29, 0.717) is 0 Å². The van der Waals surface area contributed by atoms with Crippen LogP contribution in [0.15, 0.2) is 0 Å². The van der Waals surface area contributed by atoms with Crippen LogP contribution in [0.2, 0.25) is 0 Å². The smallest absolute Gasteiger partial charge is 0.224 e. The first kappa shape index (κ1) is 22.2. The summed E-state index contributed by atoms with van der Waals surface area (Å²) >= 11 is 10.7. The minimum absolute atomic E-state index is 0.0987. The Morgan fingerprint density at radius 3 is 1.20 bits per heavy atom. The van der Waals surface area contributed by atoms with Gasteiger partial charge >= 0.3 is 0 Å². The van der Waals surface area contributed by atoms with E-state index in [1.807, 2.05) is 13.8 Å². The molecule has 0 aliphatic heterocycles. The molecule has 0 fully saturated rings. The van der Waals surface area contributed by atoms with Crippen molar-refractivity contribution in [1.29, 1.82) is 0 Å². The SMILES string of the molecule is CCCCC(CC)C(=O)Cl.CCCCC(CC)C(=O)Cl. The Hall–Kier alpha value is -0.0800. The Bertz CT molecular complexity index is 229. The maximum absolute atomic E-state index is 10.6. The predicted octanol–water partition coefficient (Wildman–Crippen LogP) is 5.94. The van der Waals surface area contributed by atoms with Crippen molar-refractivity contribution in [1.82, 2.24) is 0 Å². The summed E-state index contributed by atoms with van der Waals surface area (Å²) in [6.45, 7) is 8.23. The van der Waals surface area contributed by atoms with Gasteiger partial charge in [-0.15, -0.1) is 0 Å². The molecule has 0 aromatic carbocycles. The second-order valence-electron chi connectivity index (χ2n) is 5.10. The van der Waals surface area contributed by atoms with Gasteiger partial charge in [0.1, 0.15) is 0 Å². The fourth-order valence-electron chi connectivity index (χ4n) is 1.86. The zero-order valence-electron chi connectivity index (χ0n) is 13.4. The van der Waals surface area contributed by atoms with Crippen molar-refractivity contribution < 1.29 is 9.59 Å². The van der Waals surface area contributed by atoms with E-state index in [4.69, 9.17) is 23.2 Å².